The summed E-state index contributed by atoms with van der Waals surface area (Å²) in [5.74, 6) is 0.677. The highest BCUT2D eigenvalue weighted by Gasteiger charge is 2.26. The topological polar surface area (TPSA) is 62.2 Å². The number of benzene rings is 1. The van der Waals surface area contributed by atoms with E-state index in [4.69, 9.17) is 9.47 Å². The molecule has 6 nitrogen and oxygen atoms in total. The molecule has 2 heterocycles. The number of hydrogen-bond acceptors (Lipinski definition) is 6. The van der Waals surface area contributed by atoms with Crippen molar-refractivity contribution >= 4 is 5.97 Å². The molecule has 28 heavy (non-hydrogen) atoms. The summed E-state index contributed by atoms with van der Waals surface area (Å²) in [6.07, 6.45) is 5.01. The number of aliphatic hydroxyl groups excluding tert-OH is 1. The highest BCUT2D eigenvalue weighted by atomic mass is 16.5. The van der Waals surface area contributed by atoms with Gasteiger partial charge in [-0.2, -0.15) is 0 Å². The van der Waals surface area contributed by atoms with E-state index in [2.05, 4.69) is 21.9 Å². The highest BCUT2D eigenvalue weighted by Crippen LogP contribution is 2.19. The van der Waals surface area contributed by atoms with Crippen LogP contribution in [-0.2, 0) is 16.1 Å². The number of aliphatic hydroxyl groups is 1. The number of β-amino-alcohol motifs (C(OH)–C–C–N with tert-alkyl or cyclic N) is 1. The van der Waals surface area contributed by atoms with Gasteiger partial charge in [-0.05, 0) is 69.6 Å². The van der Waals surface area contributed by atoms with Crippen molar-refractivity contribution in [3.8, 4) is 5.75 Å². The lowest BCUT2D eigenvalue weighted by Gasteiger charge is -2.31. The second-order valence-corrected chi connectivity index (χ2v) is 8.04. The Bertz CT molecular complexity index is 593. The van der Waals surface area contributed by atoms with Gasteiger partial charge in [-0.25, -0.2) is 0 Å². The van der Waals surface area contributed by atoms with Crippen LogP contribution in [0.2, 0.25) is 0 Å². The fraction of sp³-hybridized carbons (Fsp3) is 0.682. The van der Waals surface area contributed by atoms with Crippen LogP contribution in [0.4, 0.5) is 0 Å². The monoisotopic (exact) mass is 390 g/mol. The largest absolute Gasteiger partial charge is 0.491 e. The molecule has 156 valence electrons. The smallest absolute Gasteiger partial charge is 0.308 e. The molecule has 0 radical (unpaired) electrons. The number of hydrogen-bond donors (Lipinski definition) is 1. The molecule has 3 rings (SSSR count). The van der Waals surface area contributed by atoms with E-state index in [1.165, 1.54) is 45.0 Å². The summed E-state index contributed by atoms with van der Waals surface area (Å²) >= 11 is 0. The van der Waals surface area contributed by atoms with Crippen LogP contribution in [0.25, 0.3) is 0 Å². The molecule has 0 spiro atoms. The molecule has 0 aromatic heterocycles. The van der Waals surface area contributed by atoms with Crippen LogP contribution in [-0.4, -0.2) is 73.4 Å². The Morgan fingerprint density at radius 1 is 1.07 bits per heavy atom. The molecule has 2 aliphatic heterocycles. The van der Waals surface area contributed by atoms with Gasteiger partial charge in [0.1, 0.15) is 18.5 Å². The van der Waals surface area contributed by atoms with E-state index in [-0.39, 0.29) is 18.5 Å². The van der Waals surface area contributed by atoms with Gasteiger partial charge in [0.2, 0.25) is 0 Å². The number of methoxy groups -OCH3 is 1. The SMILES string of the molecule is COC(=O)C1CCN(C[C@@H](O)COc2ccc(CN3CCCCC3)cc2)CC1. The van der Waals surface area contributed by atoms with Gasteiger partial charge in [-0.3, -0.25) is 9.69 Å². The maximum absolute atomic E-state index is 11.6. The first-order chi connectivity index (χ1) is 13.6. The fourth-order valence-electron chi connectivity index (χ4n) is 4.13. The minimum absolute atomic E-state index is 0.00176. The summed E-state index contributed by atoms with van der Waals surface area (Å²) in [6, 6.07) is 8.23. The molecule has 0 bridgehead atoms. The average molecular weight is 391 g/mol. The molecular weight excluding hydrogens is 356 g/mol. The summed E-state index contributed by atoms with van der Waals surface area (Å²) in [6.45, 7) is 5.86. The zero-order valence-corrected chi connectivity index (χ0v) is 17.0. The number of nitrogens with zero attached hydrogens (tertiary/aromatic N) is 2. The number of piperidine rings is 2. The number of ether oxygens (including phenoxy) is 2. The fourth-order valence-corrected chi connectivity index (χ4v) is 4.13. The van der Waals surface area contributed by atoms with Crippen molar-refractivity contribution in [2.24, 2.45) is 5.92 Å². The molecular formula is C22H34N2O4. The second kappa shape index (κ2) is 10.8. The van der Waals surface area contributed by atoms with E-state index in [1.54, 1.807) is 0 Å². The molecule has 0 saturated carbocycles. The Labute approximate surface area is 168 Å². The van der Waals surface area contributed by atoms with Crippen molar-refractivity contribution in [1.29, 1.82) is 0 Å². The van der Waals surface area contributed by atoms with Crippen LogP contribution in [0, 0.1) is 5.92 Å². The molecule has 0 unspecified atom stereocenters. The van der Waals surface area contributed by atoms with Crippen LogP contribution in [0.3, 0.4) is 0 Å². The quantitative estimate of drug-likeness (QED) is 0.688. The van der Waals surface area contributed by atoms with Crippen molar-refractivity contribution < 1.29 is 19.4 Å². The zero-order chi connectivity index (χ0) is 19.8. The molecule has 6 heteroatoms. The summed E-state index contributed by atoms with van der Waals surface area (Å²) in [7, 11) is 1.44. The van der Waals surface area contributed by atoms with Gasteiger partial charge in [0.15, 0.2) is 0 Å². The van der Waals surface area contributed by atoms with Gasteiger partial charge in [0.25, 0.3) is 0 Å². The number of carbonyl (C=O) groups is 1. The standard InChI is InChI=1S/C22H34N2O4/c1-27-22(26)19-9-13-24(14-10-19)16-20(25)17-28-21-7-5-18(6-8-21)15-23-11-3-2-4-12-23/h5-8,19-20,25H,2-4,9-17H2,1H3/t20-/m1/s1. The summed E-state index contributed by atoms with van der Waals surface area (Å²) < 4.78 is 10.6. The van der Waals surface area contributed by atoms with Gasteiger partial charge in [-0.1, -0.05) is 18.6 Å². The Kier molecular flexibility index (Phi) is 8.13. The van der Waals surface area contributed by atoms with Crippen molar-refractivity contribution in [2.45, 2.75) is 44.8 Å². The lowest BCUT2D eigenvalue weighted by molar-refractivity contribution is -0.147. The maximum Gasteiger partial charge on any atom is 0.308 e. The second-order valence-electron chi connectivity index (χ2n) is 8.04. The summed E-state index contributed by atoms with van der Waals surface area (Å²) in [5.41, 5.74) is 1.31. The predicted octanol–water partition coefficient (Wildman–Crippen LogP) is 2.30. The van der Waals surface area contributed by atoms with Crippen LogP contribution in [0.1, 0.15) is 37.7 Å². The van der Waals surface area contributed by atoms with Gasteiger partial charge >= 0.3 is 5.97 Å². The van der Waals surface area contributed by atoms with E-state index >= 15 is 0 Å². The molecule has 0 amide bonds. The van der Waals surface area contributed by atoms with Crippen LogP contribution < -0.4 is 4.74 Å². The van der Waals surface area contributed by atoms with Crippen molar-refractivity contribution in [3.63, 3.8) is 0 Å². The number of carbonyl (C=O) groups excluding carboxylic acids is 1. The molecule has 0 aliphatic carbocycles. The molecule has 1 atom stereocenters. The molecule has 2 fully saturated rings. The van der Waals surface area contributed by atoms with Gasteiger partial charge in [0.05, 0.1) is 13.0 Å². The Hall–Kier alpha value is -1.63. The third kappa shape index (κ3) is 6.47. The van der Waals surface area contributed by atoms with Crippen molar-refractivity contribution in [3.05, 3.63) is 29.8 Å². The predicted molar refractivity (Wildman–Crippen MR) is 108 cm³/mol. The highest BCUT2D eigenvalue weighted by molar-refractivity contribution is 5.72. The zero-order valence-electron chi connectivity index (χ0n) is 17.0. The Morgan fingerprint density at radius 3 is 2.39 bits per heavy atom. The molecule has 1 aromatic carbocycles. The number of likely N-dealkylation sites (tertiary alicyclic amines) is 2. The van der Waals surface area contributed by atoms with E-state index in [0.29, 0.717) is 6.54 Å². The Morgan fingerprint density at radius 2 is 1.75 bits per heavy atom. The average Bonchev–Trinajstić information content (AvgIpc) is 2.74. The molecule has 1 N–H and O–H groups in total. The van der Waals surface area contributed by atoms with E-state index in [1.807, 2.05) is 12.1 Å². The Balaban J connectivity index is 1.35. The lowest BCUT2D eigenvalue weighted by Crippen LogP contribution is -2.42. The summed E-state index contributed by atoms with van der Waals surface area (Å²) in [5, 5.41) is 10.3. The third-order valence-electron chi connectivity index (χ3n) is 5.81. The van der Waals surface area contributed by atoms with Crippen molar-refractivity contribution in [2.75, 3.05) is 46.4 Å². The maximum atomic E-state index is 11.6. The van der Waals surface area contributed by atoms with Crippen LogP contribution in [0.15, 0.2) is 24.3 Å². The van der Waals surface area contributed by atoms with Crippen LogP contribution >= 0.6 is 0 Å². The molecule has 1 aromatic rings. The first-order valence-electron chi connectivity index (χ1n) is 10.6. The number of rotatable bonds is 8. The van der Waals surface area contributed by atoms with E-state index < -0.39 is 6.10 Å². The van der Waals surface area contributed by atoms with Gasteiger partial charge in [-0.15, -0.1) is 0 Å². The van der Waals surface area contributed by atoms with Crippen LogP contribution in [0.5, 0.6) is 5.75 Å². The lowest BCUT2D eigenvalue weighted by atomic mass is 9.97. The molecule has 2 aliphatic rings. The van der Waals surface area contributed by atoms with Gasteiger partial charge in [0, 0.05) is 13.1 Å². The van der Waals surface area contributed by atoms with E-state index in [0.717, 1.165) is 38.2 Å². The normalized spacial score (nSPS) is 20.6. The number of esters is 1. The van der Waals surface area contributed by atoms with E-state index in [9.17, 15) is 9.90 Å². The van der Waals surface area contributed by atoms with Gasteiger partial charge < -0.3 is 19.5 Å². The first kappa shape index (κ1) is 21.1. The van der Waals surface area contributed by atoms with Crippen molar-refractivity contribution in [1.82, 2.24) is 9.80 Å². The first-order valence-corrected chi connectivity index (χ1v) is 10.6. The summed E-state index contributed by atoms with van der Waals surface area (Å²) in [4.78, 5) is 16.3. The minimum atomic E-state index is -0.539. The minimum Gasteiger partial charge on any atom is -0.491 e. The molecule has 2 saturated heterocycles. The third-order valence-corrected chi connectivity index (χ3v) is 5.81.